The van der Waals surface area contributed by atoms with Gasteiger partial charge in [-0.2, -0.15) is 0 Å². The first-order valence-corrected chi connectivity index (χ1v) is 6.80. The number of hydrogen-bond acceptors (Lipinski definition) is 4. The average Bonchev–Trinajstić information content (AvgIpc) is 2.69. The Morgan fingerprint density at radius 1 is 1.52 bits per heavy atom. The highest BCUT2D eigenvalue weighted by Crippen LogP contribution is 2.22. The number of ketones is 1. The molecule has 1 aromatic rings. The van der Waals surface area contributed by atoms with Gasteiger partial charge in [0.15, 0.2) is 5.78 Å². The Balaban J connectivity index is 3.42. The first-order chi connectivity index (χ1) is 15.4. The normalized spacial score (nSPS) is 25.4. The molecule has 0 heterocycles. The molecule has 1 amide bonds. The summed E-state index contributed by atoms with van der Waals surface area (Å²) in [6.07, 6.45) is -8.49. The Labute approximate surface area is 163 Å². The van der Waals surface area contributed by atoms with Crippen LogP contribution in [0, 0.1) is 5.89 Å². The molecule has 0 spiro atoms. The van der Waals surface area contributed by atoms with Crippen LogP contribution in [0.3, 0.4) is 0 Å². The van der Waals surface area contributed by atoms with Crippen LogP contribution in [0.25, 0.3) is 0 Å². The maximum Gasteiger partial charge on any atom is 0.475 e. The zero-order valence-corrected chi connectivity index (χ0v) is 13.3. The number of rotatable bonds is 8. The van der Waals surface area contributed by atoms with Gasteiger partial charge in [0.05, 0.1) is 15.1 Å². The molecular formula is C15H20BCl2NO4. The van der Waals surface area contributed by atoms with Crippen molar-refractivity contribution >= 4 is 42.0 Å². The summed E-state index contributed by atoms with van der Waals surface area (Å²) >= 11 is 11.6. The maximum atomic E-state index is 12.7. The monoisotopic (exact) mass is 371 g/mol. The summed E-state index contributed by atoms with van der Waals surface area (Å²) in [5.74, 6) is -10.2. The number of amides is 1. The summed E-state index contributed by atoms with van der Waals surface area (Å²) < 4.78 is 92.9. The Kier molecular flexibility index (Phi) is 3.36. The van der Waals surface area contributed by atoms with Crippen LogP contribution in [0.2, 0.25) is 10.0 Å². The Bertz CT molecular complexity index is 1010. The fourth-order valence-corrected chi connectivity index (χ4v) is 1.68. The van der Waals surface area contributed by atoms with Gasteiger partial charge in [-0.3, -0.25) is 9.59 Å². The molecule has 0 fully saturated rings. The molecule has 8 heteroatoms. The quantitative estimate of drug-likeness (QED) is 0.484. The number of carbonyl (C=O) groups is 2. The third-order valence-electron chi connectivity index (χ3n) is 2.25. The van der Waals surface area contributed by atoms with Crippen LogP contribution < -0.4 is 5.32 Å². The molecule has 126 valence electrons. The van der Waals surface area contributed by atoms with Crippen LogP contribution >= 0.6 is 23.2 Å². The van der Waals surface area contributed by atoms with Crippen molar-refractivity contribution in [1.29, 1.82) is 0 Å². The summed E-state index contributed by atoms with van der Waals surface area (Å²) in [5.41, 5.74) is -0.787. The zero-order valence-electron chi connectivity index (χ0n) is 23.8. The lowest BCUT2D eigenvalue weighted by atomic mass is 9.75. The van der Waals surface area contributed by atoms with E-state index in [1.807, 2.05) is 0 Å². The Morgan fingerprint density at radius 3 is 2.83 bits per heavy atom. The van der Waals surface area contributed by atoms with E-state index in [-0.39, 0.29) is 0 Å². The molecule has 2 atom stereocenters. The lowest BCUT2D eigenvalue weighted by Crippen LogP contribution is -2.47. The Morgan fingerprint density at radius 2 is 2.22 bits per heavy atom. The molecule has 0 aliphatic heterocycles. The highest BCUT2D eigenvalue weighted by atomic mass is 35.5. The predicted octanol–water partition coefficient (Wildman–Crippen LogP) is 2.50. The van der Waals surface area contributed by atoms with Gasteiger partial charge >= 0.3 is 7.12 Å². The van der Waals surface area contributed by atoms with Crippen molar-refractivity contribution in [2.45, 2.75) is 38.9 Å². The second-order valence-electron chi connectivity index (χ2n) is 4.15. The first-order valence-electron chi connectivity index (χ1n) is 12.0. The van der Waals surface area contributed by atoms with Crippen molar-refractivity contribution in [3.05, 3.63) is 33.7 Å². The number of benzene rings is 1. The van der Waals surface area contributed by atoms with Crippen LogP contribution in [0.5, 0.6) is 0 Å². The molecule has 0 aliphatic carbocycles. The second-order valence-corrected chi connectivity index (χ2v) is 4.90. The molecule has 1 aromatic carbocycles. The van der Waals surface area contributed by atoms with E-state index in [1.54, 1.807) is 0 Å². The standard InChI is InChI=1S/C15H20BCl2NO4/c1-9(2)7-14(16(22)23)19-15(21)6-5-13(20)11-8-10(17)3-4-12(11)18/h3-4,8-9,14,22-23H,5-7H2,1-2H3,(H,19,21)/t14-/m1/s1/i1D3,3D,4D,6D2,7D2,8D,9D,14D/t9?,14-. The van der Waals surface area contributed by atoms with E-state index >= 15 is 0 Å². The van der Waals surface area contributed by atoms with Crippen molar-refractivity contribution in [3.8, 4) is 0 Å². The van der Waals surface area contributed by atoms with E-state index in [1.165, 1.54) is 5.32 Å². The number of hydrogen-bond donors (Lipinski definition) is 3. The van der Waals surface area contributed by atoms with Gasteiger partial charge in [-0.25, -0.2) is 0 Å². The molecular weight excluding hydrogens is 340 g/mol. The van der Waals surface area contributed by atoms with Gasteiger partial charge in [0.1, 0.15) is 0 Å². The van der Waals surface area contributed by atoms with Crippen LogP contribution in [-0.2, 0) is 4.79 Å². The third kappa shape index (κ3) is 6.91. The SMILES string of the molecule is [2H]c1c([2H])c(Cl)c(C(=O)CC([2H])([2H])C(=O)N[C@@]([2H])(B(O)O)C([2H])([2H])C([2H])(C)C([2H])([2H])[2H])c([2H])c1Cl. The molecule has 5 nitrogen and oxygen atoms in total. The van der Waals surface area contributed by atoms with Gasteiger partial charge in [-0.1, -0.05) is 37.0 Å². The van der Waals surface area contributed by atoms with Crippen molar-refractivity contribution in [3.63, 3.8) is 0 Å². The molecule has 3 N–H and O–H groups in total. The highest BCUT2D eigenvalue weighted by Gasteiger charge is 2.26. The minimum absolute atomic E-state index is 0.520. The summed E-state index contributed by atoms with van der Waals surface area (Å²) in [6.45, 7) is -2.91. The molecule has 0 aromatic heterocycles. The first kappa shape index (κ1) is 8.34. The summed E-state index contributed by atoms with van der Waals surface area (Å²) in [6, 6.07) is -2.24. The minimum Gasteiger partial charge on any atom is -0.426 e. The molecule has 0 bridgehead atoms. The van der Waals surface area contributed by atoms with E-state index in [2.05, 4.69) is 0 Å². The summed E-state index contributed by atoms with van der Waals surface area (Å²) in [5, 5.41) is 19.3. The van der Waals surface area contributed by atoms with Crippen LogP contribution in [0.1, 0.15) is 59.7 Å². The number of carbonyl (C=O) groups excluding carboxylic acids is 2. The Hall–Kier alpha value is -1.08. The van der Waals surface area contributed by atoms with E-state index < -0.39 is 90.4 Å². The average molecular weight is 372 g/mol. The van der Waals surface area contributed by atoms with Gasteiger partial charge in [0, 0.05) is 35.7 Å². The number of Topliss-reactive ketones (excluding diaryl/α,β-unsaturated/α-hetero) is 1. The third-order valence-corrected chi connectivity index (χ3v) is 2.73. The van der Waals surface area contributed by atoms with E-state index in [0.29, 0.717) is 6.92 Å². The molecule has 0 aliphatic rings. The molecule has 1 unspecified atom stereocenters. The number of halogens is 2. The van der Waals surface area contributed by atoms with Crippen LogP contribution in [0.15, 0.2) is 18.1 Å². The second kappa shape index (κ2) is 9.28. The molecule has 1 rings (SSSR count). The smallest absolute Gasteiger partial charge is 0.426 e. The van der Waals surface area contributed by atoms with E-state index in [9.17, 15) is 19.6 Å². The van der Waals surface area contributed by atoms with Crippen molar-refractivity contribution in [2.75, 3.05) is 0 Å². The molecule has 23 heavy (non-hydrogen) atoms. The van der Waals surface area contributed by atoms with Gasteiger partial charge in [-0.15, -0.1) is 0 Å². The fraction of sp³-hybridized carbons (Fsp3) is 0.467. The van der Waals surface area contributed by atoms with Gasteiger partial charge in [-0.05, 0) is 30.4 Å². The highest BCUT2D eigenvalue weighted by molar-refractivity contribution is 6.43. The van der Waals surface area contributed by atoms with E-state index in [4.69, 9.17) is 39.7 Å². The van der Waals surface area contributed by atoms with Crippen LogP contribution in [-0.4, -0.2) is 34.8 Å². The maximum absolute atomic E-state index is 12.7. The number of nitrogens with one attached hydrogen (secondary N) is 1. The van der Waals surface area contributed by atoms with Crippen molar-refractivity contribution in [1.82, 2.24) is 5.32 Å². The molecule has 0 radical (unpaired) electrons. The lowest BCUT2D eigenvalue weighted by molar-refractivity contribution is -0.121. The van der Waals surface area contributed by atoms with E-state index in [0.717, 1.165) is 0 Å². The topological polar surface area (TPSA) is 86.6 Å². The minimum atomic E-state index is -3.73. The fourth-order valence-electron chi connectivity index (χ4n) is 1.34. The van der Waals surface area contributed by atoms with Gasteiger partial charge < -0.3 is 15.4 Å². The largest absolute Gasteiger partial charge is 0.475 e. The van der Waals surface area contributed by atoms with Crippen molar-refractivity contribution in [2.24, 2.45) is 5.89 Å². The zero-order chi connectivity index (χ0) is 28.1. The predicted molar refractivity (Wildman–Crippen MR) is 91.6 cm³/mol. The van der Waals surface area contributed by atoms with Crippen molar-refractivity contribution < 1.29 is 36.1 Å². The summed E-state index contributed by atoms with van der Waals surface area (Å²) in [7, 11) is -3.15. The lowest BCUT2D eigenvalue weighted by Gasteiger charge is -2.19. The summed E-state index contributed by atoms with van der Waals surface area (Å²) in [4.78, 5) is 25.3. The van der Waals surface area contributed by atoms with Gasteiger partial charge in [0.2, 0.25) is 5.91 Å². The van der Waals surface area contributed by atoms with Crippen LogP contribution in [0.4, 0.5) is 0 Å². The molecule has 0 saturated carbocycles. The molecule has 0 saturated heterocycles. The van der Waals surface area contributed by atoms with Gasteiger partial charge in [0.25, 0.3) is 0 Å².